The van der Waals surface area contributed by atoms with E-state index in [4.69, 9.17) is 0 Å². The lowest BCUT2D eigenvalue weighted by atomic mass is 9.59. The molecule has 4 nitrogen and oxygen atoms in total. The number of fused-ring (bicyclic) bond motifs is 2. The molecular weight excluding hydrogens is 551 g/mol. The van der Waals surface area contributed by atoms with Crippen LogP contribution in [0.2, 0.25) is 0 Å². The van der Waals surface area contributed by atoms with Crippen LogP contribution in [0.25, 0.3) is 0 Å². The summed E-state index contributed by atoms with van der Waals surface area (Å²) in [4.78, 5) is 29.9. The van der Waals surface area contributed by atoms with Gasteiger partial charge in [-0.25, -0.2) is 4.79 Å². The van der Waals surface area contributed by atoms with Crippen molar-refractivity contribution in [1.29, 1.82) is 0 Å². The standard InChI is InChI=1S/C36H44F3NO3/c1-22-19-34(2,14-12-30(22)24-5-3-6-26(16-24)33(42)43)28-18-27-7-4-13-35(27,20-28)32(41)15-23-8-10-25-17-29(36(37,38)39)21-40-31(25)11-9-23/h3,5-6,16-17,21-23,27-28,30H,4,7-15,18-20H2,1-2H3,(H,42,43). The summed E-state index contributed by atoms with van der Waals surface area (Å²) in [6.07, 6.45) is 8.36. The smallest absolute Gasteiger partial charge is 0.417 e. The summed E-state index contributed by atoms with van der Waals surface area (Å²) in [6.45, 7) is 4.74. The van der Waals surface area contributed by atoms with Crippen LogP contribution in [-0.4, -0.2) is 21.8 Å². The van der Waals surface area contributed by atoms with Crippen molar-refractivity contribution in [3.05, 3.63) is 64.5 Å². The number of carboxylic acids is 1. The second-order valence-electron chi connectivity index (χ2n) is 14.7. The molecule has 4 aliphatic rings. The van der Waals surface area contributed by atoms with E-state index in [9.17, 15) is 27.9 Å². The highest BCUT2D eigenvalue weighted by molar-refractivity contribution is 5.88. The number of carboxylic acid groups (broad SMARTS) is 1. The number of hydrogen-bond donors (Lipinski definition) is 1. The third kappa shape index (κ3) is 5.78. The molecule has 4 aliphatic carbocycles. The number of aryl methyl sites for hydroxylation is 2. The molecule has 1 heterocycles. The molecule has 43 heavy (non-hydrogen) atoms. The Kier molecular flexibility index (Phi) is 8.00. The zero-order valence-corrected chi connectivity index (χ0v) is 25.4. The molecule has 0 amide bonds. The van der Waals surface area contributed by atoms with Crippen LogP contribution in [0.15, 0.2) is 36.5 Å². The summed E-state index contributed by atoms with van der Waals surface area (Å²) in [5, 5.41) is 9.48. The molecule has 1 aromatic heterocycles. The Morgan fingerprint density at radius 2 is 1.81 bits per heavy atom. The molecule has 0 bridgehead atoms. The van der Waals surface area contributed by atoms with Gasteiger partial charge in [0.25, 0.3) is 0 Å². The van der Waals surface area contributed by atoms with Gasteiger partial charge in [0.05, 0.1) is 11.1 Å². The van der Waals surface area contributed by atoms with Crippen LogP contribution in [0.5, 0.6) is 0 Å². The largest absolute Gasteiger partial charge is 0.478 e. The maximum absolute atomic E-state index is 14.2. The number of pyridine rings is 1. The van der Waals surface area contributed by atoms with Gasteiger partial charge >= 0.3 is 12.1 Å². The van der Waals surface area contributed by atoms with Crippen molar-refractivity contribution in [2.45, 2.75) is 109 Å². The van der Waals surface area contributed by atoms with Crippen LogP contribution in [0, 0.1) is 34.5 Å². The van der Waals surface area contributed by atoms with Gasteiger partial charge in [-0.1, -0.05) is 32.4 Å². The number of Topliss-reactive ketones (excluding diaryl/α,β-unsaturated/α-hetero) is 1. The predicted octanol–water partition coefficient (Wildman–Crippen LogP) is 9.06. The number of hydrogen-bond acceptors (Lipinski definition) is 3. The molecule has 3 fully saturated rings. The average Bonchev–Trinajstić information content (AvgIpc) is 3.47. The molecular formula is C36H44F3NO3. The normalized spacial score (nSPS) is 34.3. The van der Waals surface area contributed by atoms with Gasteiger partial charge in [-0.3, -0.25) is 9.78 Å². The van der Waals surface area contributed by atoms with E-state index in [2.05, 4.69) is 24.9 Å². The molecule has 7 unspecified atom stereocenters. The van der Waals surface area contributed by atoms with Gasteiger partial charge in [-0.05, 0) is 135 Å². The molecule has 0 saturated heterocycles. The Morgan fingerprint density at radius 1 is 1.02 bits per heavy atom. The average molecular weight is 596 g/mol. The van der Waals surface area contributed by atoms with Gasteiger partial charge in [0, 0.05) is 23.7 Å². The van der Waals surface area contributed by atoms with E-state index in [0.717, 1.165) is 81.7 Å². The first-order chi connectivity index (χ1) is 20.4. The van der Waals surface area contributed by atoms with E-state index in [0.29, 0.717) is 59.8 Å². The molecule has 0 aliphatic heterocycles. The molecule has 3 saturated carbocycles. The van der Waals surface area contributed by atoms with Gasteiger partial charge in [0.1, 0.15) is 5.78 Å². The highest BCUT2D eigenvalue weighted by Crippen LogP contribution is 2.64. The van der Waals surface area contributed by atoms with E-state index in [1.54, 1.807) is 6.07 Å². The molecule has 0 spiro atoms. The highest BCUT2D eigenvalue weighted by Gasteiger charge is 2.58. The van der Waals surface area contributed by atoms with Crippen molar-refractivity contribution in [3.63, 3.8) is 0 Å². The van der Waals surface area contributed by atoms with Crippen molar-refractivity contribution in [2.75, 3.05) is 0 Å². The van der Waals surface area contributed by atoms with Gasteiger partial charge in [0.15, 0.2) is 0 Å². The van der Waals surface area contributed by atoms with Crippen molar-refractivity contribution in [2.24, 2.45) is 34.5 Å². The Morgan fingerprint density at radius 3 is 2.56 bits per heavy atom. The summed E-state index contributed by atoms with van der Waals surface area (Å²) < 4.78 is 39.8. The summed E-state index contributed by atoms with van der Waals surface area (Å²) in [5.74, 6) is 1.47. The molecule has 7 heteroatoms. The summed E-state index contributed by atoms with van der Waals surface area (Å²) in [6, 6.07) is 8.69. The van der Waals surface area contributed by atoms with Gasteiger partial charge in [-0.15, -0.1) is 0 Å². The minimum atomic E-state index is -4.39. The first-order valence-electron chi connectivity index (χ1n) is 16.3. The third-order valence-electron chi connectivity index (χ3n) is 12.2. The number of rotatable bonds is 6. The number of aromatic carboxylic acids is 1. The van der Waals surface area contributed by atoms with Crippen LogP contribution < -0.4 is 0 Å². The highest BCUT2D eigenvalue weighted by atomic mass is 19.4. The number of alkyl halides is 3. The Labute approximate surface area is 252 Å². The monoisotopic (exact) mass is 595 g/mol. The van der Waals surface area contributed by atoms with Crippen molar-refractivity contribution >= 4 is 11.8 Å². The van der Waals surface area contributed by atoms with Crippen LogP contribution in [-0.2, 0) is 23.8 Å². The molecule has 2 aromatic rings. The van der Waals surface area contributed by atoms with Crippen molar-refractivity contribution in [3.8, 4) is 0 Å². The summed E-state index contributed by atoms with van der Waals surface area (Å²) in [7, 11) is 0. The number of carbonyl (C=O) groups is 2. The van der Waals surface area contributed by atoms with Gasteiger partial charge in [0.2, 0.25) is 0 Å². The van der Waals surface area contributed by atoms with Crippen molar-refractivity contribution < 1.29 is 27.9 Å². The van der Waals surface area contributed by atoms with Gasteiger partial charge < -0.3 is 5.11 Å². The lowest BCUT2D eigenvalue weighted by Crippen LogP contribution is -2.37. The van der Waals surface area contributed by atoms with E-state index >= 15 is 0 Å². The van der Waals surface area contributed by atoms with Crippen LogP contribution in [0.1, 0.15) is 123 Å². The fourth-order valence-electron chi connectivity index (χ4n) is 9.80. The van der Waals surface area contributed by atoms with Crippen LogP contribution in [0.3, 0.4) is 0 Å². The van der Waals surface area contributed by atoms with E-state index < -0.39 is 17.7 Å². The number of halogens is 3. The number of carbonyl (C=O) groups excluding carboxylic acids is 1. The third-order valence-corrected chi connectivity index (χ3v) is 12.2. The molecule has 6 rings (SSSR count). The quantitative estimate of drug-likeness (QED) is 0.338. The van der Waals surface area contributed by atoms with E-state index in [1.807, 2.05) is 12.1 Å². The zero-order valence-electron chi connectivity index (χ0n) is 25.4. The molecule has 1 N–H and O–H groups in total. The first-order valence-corrected chi connectivity index (χ1v) is 16.3. The minimum absolute atomic E-state index is 0.170. The molecule has 7 atom stereocenters. The first kappa shape index (κ1) is 30.3. The maximum atomic E-state index is 14.2. The van der Waals surface area contributed by atoms with E-state index in [1.165, 1.54) is 6.07 Å². The van der Waals surface area contributed by atoms with Crippen LogP contribution in [0.4, 0.5) is 13.2 Å². The molecule has 232 valence electrons. The number of aromatic nitrogens is 1. The fourth-order valence-corrected chi connectivity index (χ4v) is 9.80. The van der Waals surface area contributed by atoms with Gasteiger partial charge in [-0.2, -0.15) is 13.2 Å². The lowest BCUT2D eigenvalue weighted by Gasteiger charge is -2.46. The SMILES string of the molecule is CC1CC(C)(C2CC3CCCC3(C(=O)CC3CCc4cc(C(F)(F)F)cnc4CC3)C2)CCC1c1cccc(C(=O)O)c1. The molecule has 0 radical (unpaired) electrons. The Hall–Kier alpha value is -2.70. The van der Waals surface area contributed by atoms with Crippen molar-refractivity contribution in [1.82, 2.24) is 4.98 Å². The number of ketones is 1. The Balaban J connectivity index is 1.11. The fraction of sp³-hybridized carbons (Fsp3) is 0.639. The summed E-state index contributed by atoms with van der Waals surface area (Å²) in [5.41, 5.74) is 2.18. The second-order valence-corrected chi connectivity index (χ2v) is 14.7. The Bertz CT molecular complexity index is 1390. The second kappa shape index (κ2) is 11.3. The zero-order chi connectivity index (χ0) is 30.6. The summed E-state index contributed by atoms with van der Waals surface area (Å²) >= 11 is 0. The lowest BCUT2D eigenvalue weighted by molar-refractivity contribution is -0.138. The number of benzene rings is 1. The maximum Gasteiger partial charge on any atom is 0.417 e. The topological polar surface area (TPSA) is 67.3 Å². The predicted molar refractivity (Wildman–Crippen MR) is 159 cm³/mol. The minimum Gasteiger partial charge on any atom is -0.478 e. The number of nitrogens with zero attached hydrogens (tertiary/aromatic N) is 1. The molecule has 1 aromatic carbocycles. The van der Waals surface area contributed by atoms with Crippen LogP contribution >= 0.6 is 0 Å². The van der Waals surface area contributed by atoms with E-state index in [-0.39, 0.29) is 16.7 Å².